The minimum Gasteiger partial charge on any atom is -0.365 e. The Kier molecular flexibility index (Phi) is 44.8. The zero-order chi connectivity index (χ0) is 86.4. The van der Waals surface area contributed by atoms with Crippen molar-refractivity contribution in [3.05, 3.63) is 215 Å². The Hall–Kier alpha value is -6.60. The highest BCUT2D eigenvalue weighted by atomic mass is 16.5. The Morgan fingerprint density at radius 1 is 0.210 bits per heavy atom. The van der Waals surface area contributed by atoms with Gasteiger partial charge in [0, 0.05) is 47.0 Å². The van der Waals surface area contributed by atoms with Crippen LogP contribution in [0.5, 0.6) is 0 Å². The van der Waals surface area contributed by atoms with Gasteiger partial charge in [-0.3, -0.25) is 19.9 Å². The van der Waals surface area contributed by atoms with E-state index in [1.54, 1.807) is 0 Å². The minimum absolute atomic E-state index is 0.0847. The van der Waals surface area contributed by atoms with Crippen LogP contribution in [0.3, 0.4) is 0 Å². The van der Waals surface area contributed by atoms with Crippen molar-refractivity contribution in [1.82, 2.24) is 19.9 Å². The molecule has 4 unspecified atom stereocenters. The van der Waals surface area contributed by atoms with Crippen LogP contribution in [0, 0.1) is 47.3 Å². The van der Waals surface area contributed by atoms with Crippen molar-refractivity contribution < 1.29 is 9.47 Å². The highest BCUT2D eigenvalue weighted by Gasteiger charge is 2.39. The maximum atomic E-state index is 7.80. The van der Waals surface area contributed by atoms with Crippen LogP contribution in [0.4, 0.5) is 0 Å². The molecule has 6 nitrogen and oxygen atoms in total. The van der Waals surface area contributed by atoms with E-state index < -0.39 is 0 Å². The Morgan fingerprint density at radius 3 is 0.581 bits per heavy atom. The van der Waals surface area contributed by atoms with Crippen LogP contribution in [0.1, 0.15) is 445 Å². The van der Waals surface area contributed by atoms with Crippen LogP contribution in [0.15, 0.2) is 170 Å². The fourth-order valence-corrected chi connectivity index (χ4v) is 21.7. The topological polar surface area (TPSA) is 70.0 Å². The van der Waals surface area contributed by atoms with Gasteiger partial charge >= 0.3 is 0 Å². The largest absolute Gasteiger partial charge is 0.365 e. The zero-order valence-electron chi connectivity index (χ0n) is 79.9. The van der Waals surface area contributed by atoms with Gasteiger partial charge in [0.25, 0.3) is 0 Å². The summed E-state index contributed by atoms with van der Waals surface area (Å²) in [7, 11) is 0. The molecule has 4 aliphatic rings. The Morgan fingerprint density at radius 2 is 0.395 bits per heavy atom. The SMILES string of the molecule is CCCCCCc1ccc(-c2ccc(C(OC(c3ccc(-c4ccc(CCCCCC)cn4)cc3)C3CCC(CCCCC)CC3)C3CCC(CCCCC)CC3)cc2)nc1.CCCCCCc1ccc(-c2ccc(C(OC(c3ccc(-c4ccc(CCCCCC)cn4)cc3)C3CCC(CCCCCC)CC3)C3CCC(CCCCCC)CC3)cc2)nc1. The average molecular weight is 1680 g/mol. The number of rotatable bonds is 54. The van der Waals surface area contributed by atoms with Gasteiger partial charge in [0.1, 0.15) is 0 Å². The second-order valence-electron chi connectivity index (χ2n) is 39.7. The van der Waals surface area contributed by atoms with Crippen molar-refractivity contribution in [2.75, 3.05) is 0 Å². The van der Waals surface area contributed by atoms with Gasteiger partial charge in [-0.1, -0.05) is 421 Å². The van der Waals surface area contributed by atoms with E-state index in [4.69, 9.17) is 29.4 Å². The molecule has 0 saturated heterocycles. The van der Waals surface area contributed by atoms with Crippen molar-refractivity contribution in [2.24, 2.45) is 47.3 Å². The molecular weight excluding hydrogens is 1510 g/mol. The van der Waals surface area contributed by atoms with Crippen molar-refractivity contribution in [3.63, 3.8) is 0 Å². The van der Waals surface area contributed by atoms with Crippen LogP contribution < -0.4 is 0 Å². The molecule has 4 aromatic carbocycles. The first-order valence-electron chi connectivity index (χ1n) is 52.7. The minimum atomic E-state index is 0.0847. The van der Waals surface area contributed by atoms with E-state index in [1.807, 2.05) is 0 Å². The lowest BCUT2D eigenvalue weighted by atomic mass is 9.74. The number of aryl methyl sites for hydroxylation is 4. The third kappa shape index (κ3) is 32.6. The lowest BCUT2D eigenvalue weighted by Gasteiger charge is -2.40. The van der Waals surface area contributed by atoms with Gasteiger partial charge in [0.15, 0.2) is 0 Å². The van der Waals surface area contributed by atoms with Gasteiger partial charge in [0.2, 0.25) is 0 Å². The fourth-order valence-electron chi connectivity index (χ4n) is 21.7. The number of nitrogens with zero attached hydrogens (tertiary/aromatic N) is 4. The highest BCUT2D eigenvalue weighted by molar-refractivity contribution is 5.63. The monoisotopic (exact) mass is 1680 g/mol. The standard InChI is InChI=1S/C60H88N2O.C58H84N2O/c1-5-9-13-17-21-47-25-31-53(32-26-47)59(55-39-35-51(36-40-55)57-43-29-49(45-61-57)23-19-15-11-7-3)63-60(54-33-27-48(28-34-54)22-18-14-10-6-2)56-41-37-52(38-42-56)58-44-30-50(46-62-58)24-20-16-12-8-4;1-5-9-13-17-21-47-27-41-55(59-43-47)49-33-37-53(38-34-49)57(51-29-23-45(24-30-51)19-15-11-7-3)61-58(52-31-25-46(26-32-52)20-16-12-8-4)54-39-35-50(36-40-54)56-42-28-48(44-60-56)22-18-14-10-6-2/h29-30,35-48,53-54,59-60H,5-28,31-34H2,1-4H3;27-28,33-46,51-52,57-58H,5-26,29-32H2,1-4H3. The van der Waals surface area contributed by atoms with E-state index in [0.717, 1.165) is 72.1 Å². The van der Waals surface area contributed by atoms with Crippen molar-refractivity contribution >= 4 is 0 Å². The molecule has 124 heavy (non-hydrogen) atoms. The summed E-state index contributed by atoms with van der Waals surface area (Å²) in [6, 6.07) is 55.8. The summed E-state index contributed by atoms with van der Waals surface area (Å²) in [6.07, 6.45) is 79.5. The molecule has 0 spiro atoms. The summed E-state index contributed by atoms with van der Waals surface area (Å²) < 4.78 is 15.6. The molecule has 4 fully saturated rings. The average Bonchev–Trinajstić information content (AvgIpc) is 0.799. The van der Waals surface area contributed by atoms with E-state index in [2.05, 4.69) is 226 Å². The lowest BCUT2D eigenvalue weighted by molar-refractivity contribution is -0.0908. The Bertz CT molecular complexity index is 3760. The van der Waals surface area contributed by atoms with E-state index in [-0.39, 0.29) is 24.4 Å². The fraction of sp³-hybridized carbons (Fsp3) is 0.627. The smallest absolute Gasteiger partial charge is 0.0861 e. The molecule has 0 bridgehead atoms. The number of benzene rings is 4. The molecule has 0 aliphatic heterocycles. The molecule has 4 saturated carbocycles. The van der Waals surface area contributed by atoms with Gasteiger partial charge < -0.3 is 9.47 Å². The summed E-state index contributed by atoms with van der Waals surface area (Å²) in [4.78, 5) is 19.8. The number of hydrogen-bond donors (Lipinski definition) is 0. The maximum absolute atomic E-state index is 7.80. The molecule has 676 valence electrons. The second-order valence-corrected chi connectivity index (χ2v) is 39.7. The molecule has 4 atom stereocenters. The molecule has 0 radical (unpaired) electrons. The van der Waals surface area contributed by atoms with Crippen LogP contribution in [-0.4, -0.2) is 19.9 Å². The van der Waals surface area contributed by atoms with Crippen LogP contribution >= 0.6 is 0 Å². The number of pyridine rings is 4. The number of unbranched alkanes of at least 4 members (excludes halogenated alkanes) is 22. The molecule has 6 heteroatoms. The lowest BCUT2D eigenvalue weighted by Crippen LogP contribution is -2.28. The van der Waals surface area contributed by atoms with E-state index >= 15 is 0 Å². The van der Waals surface area contributed by atoms with Gasteiger partial charge in [0.05, 0.1) is 47.2 Å². The summed E-state index contributed by atoms with van der Waals surface area (Å²) in [6.45, 7) is 18.4. The van der Waals surface area contributed by atoms with Crippen LogP contribution in [0.25, 0.3) is 45.0 Å². The molecule has 0 N–H and O–H groups in total. The molecule has 4 aromatic heterocycles. The first kappa shape index (κ1) is 98.0. The van der Waals surface area contributed by atoms with Gasteiger partial charge in [-0.15, -0.1) is 0 Å². The Balaban J connectivity index is 0.000000241. The second kappa shape index (κ2) is 56.7. The summed E-state index contributed by atoms with van der Waals surface area (Å²) in [5.74, 6) is 5.65. The van der Waals surface area contributed by atoms with Crippen LogP contribution in [0.2, 0.25) is 0 Å². The van der Waals surface area contributed by atoms with Crippen LogP contribution in [-0.2, 0) is 35.2 Å². The third-order valence-corrected chi connectivity index (χ3v) is 29.9. The summed E-state index contributed by atoms with van der Waals surface area (Å²) >= 11 is 0. The molecule has 8 aromatic rings. The quantitative estimate of drug-likeness (QED) is 0.0354. The Labute approximate surface area is 758 Å². The van der Waals surface area contributed by atoms with Gasteiger partial charge in [-0.05, 0) is 219 Å². The predicted molar refractivity (Wildman–Crippen MR) is 531 cm³/mol. The molecular formula is C118H172N4O2. The third-order valence-electron chi connectivity index (χ3n) is 29.9. The van der Waals surface area contributed by atoms with Gasteiger partial charge in [-0.25, -0.2) is 0 Å². The summed E-state index contributed by atoms with van der Waals surface area (Å²) in [5, 5.41) is 0. The number of ether oxygens (including phenoxy) is 2. The molecule has 0 amide bonds. The van der Waals surface area contributed by atoms with E-state index in [9.17, 15) is 0 Å². The van der Waals surface area contributed by atoms with Crippen molar-refractivity contribution in [1.29, 1.82) is 0 Å². The molecule has 12 rings (SSSR count). The zero-order valence-corrected chi connectivity index (χ0v) is 79.9. The first-order valence-corrected chi connectivity index (χ1v) is 52.7. The first-order chi connectivity index (χ1) is 61.2. The summed E-state index contributed by atoms with van der Waals surface area (Å²) in [5.41, 5.74) is 19.9. The van der Waals surface area contributed by atoms with Crippen molar-refractivity contribution in [2.45, 2.75) is 427 Å². The molecule has 4 aliphatic carbocycles. The predicted octanol–water partition coefficient (Wildman–Crippen LogP) is 36.0. The maximum Gasteiger partial charge on any atom is 0.0861 e. The highest BCUT2D eigenvalue weighted by Crippen LogP contribution is 2.51. The van der Waals surface area contributed by atoms with Gasteiger partial charge in [-0.2, -0.15) is 0 Å². The van der Waals surface area contributed by atoms with Crippen molar-refractivity contribution in [3.8, 4) is 45.0 Å². The van der Waals surface area contributed by atoms with E-state index in [1.165, 1.54) is 388 Å². The number of hydrogen-bond acceptors (Lipinski definition) is 6. The normalized spacial score (nSPS) is 20.3. The number of aromatic nitrogens is 4. The molecule has 4 heterocycles. The van der Waals surface area contributed by atoms with E-state index in [0.29, 0.717) is 23.7 Å².